The fraction of sp³-hybridized carbons (Fsp3) is 0.286. The van der Waals surface area contributed by atoms with E-state index in [4.69, 9.17) is 0 Å². The molecule has 2 heterocycles. The molecule has 19 heavy (non-hydrogen) atoms. The summed E-state index contributed by atoms with van der Waals surface area (Å²) in [7, 11) is 3.44. The Morgan fingerprint density at radius 1 is 1.37 bits per heavy atom. The van der Waals surface area contributed by atoms with Crippen LogP contribution >= 0.6 is 11.3 Å². The molecule has 0 atom stereocenters. The average Bonchev–Trinajstić information content (AvgIpc) is 2.81. The summed E-state index contributed by atoms with van der Waals surface area (Å²) in [6.07, 6.45) is 1.65. The molecule has 4 nitrogen and oxygen atoms in total. The van der Waals surface area contributed by atoms with Crippen molar-refractivity contribution < 1.29 is 4.79 Å². The van der Waals surface area contributed by atoms with Crippen LogP contribution in [0.5, 0.6) is 0 Å². The summed E-state index contributed by atoms with van der Waals surface area (Å²) in [6, 6.07) is 7.87. The molecule has 2 aromatic heterocycles. The largest absolute Gasteiger partial charge is 0.380 e. The van der Waals surface area contributed by atoms with Gasteiger partial charge in [0.2, 0.25) is 0 Å². The highest BCUT2D eigenvalue weighted by atomic mass is 32.1. The number of thiophene rings is 1. The number of pyridine rings is 1. The smallest absolute Gasteiger partial charge is 0.272 e. The van der Waals surface area contributed by atoms with Crippen molar-refractivity contribution in [2.75, 3.05) is 19.4 Å². The molecule has 0 aromatic carbocycles. The van der Waals surface area contributed by atoms with Gasteiger partial charge in [0.05, 0.1) is 0 Å². The lowest BCUT2D eigenvalue weighted by atomic mass is 10.3. The van der Waals surface area contributed by atoms with E-state index in [2.05, 4.69) is 29.4 Å². The molecule has 2 aromatic rings. The van der Waals surface area contributed by atoms with E-state index in [1.807, 2.05) is 6.07 Å². The van der Waals surface area contributed by atoms with Crippen LogP contribution in [0.25, 0.3) is 0 Å². The molecular weight excluding hydrogens is 258 g/mol. The number of carbonyl (C=O) groups is 1. The Morgan fingerprint density at radius 2 is 2.16 bits per heavy atom. The topological polar surface area (TPSA) is 45.2 Å². The van der Waals surface area contributed by atoms with E-state index in [1.54, 1.807) is 37.7 Å². The first-order valence-electron chi connectivity index (χ1n) is 6.03. The molecule has 0 aliphatic rings. The standard InChI is InChI=1S/C14H17N3OS/c1-10-4-5-12(19-10)9-16-11-6-7-15-13(8-11)14(18)17(2)3/h4-8H,9H2,1-3H3,(H,15,16). The van der Waals surface area contributed by atoms with Gasteiger partial charge in [-0.15, -0.1) is 11.3 Å². The van der Waals surface area contributed by atoms with Gasteiger partial charge in [-0.25, -0.2) is 0 Å². The molecule has 2 rings (SSSR count). The third-order valence-electron chi connectivity index (χ3n) is 2.65. The van der Waals surface area contributed by atoms with Crippen molar-refractivity contribution in [1.29, 1.82) is 0 Å². The predicted molar refractivity (Wildman–Crippen MR) is 78.6 cm³/mol. The van der Waals surface area contributed by atoms with E-state index < -0.39 is 0 Å². The van der Waals surface area contributed by atoms with Crippen molar-refractivity contribution in [2.45, 2.75) is 13.5 Å². The Hall–Kier alpha value is -1.88. The van der Waals surface area contributed by atoms with E-state index in [9.17, 15) is 4.79 Å². The summed E-state index contributed by atoms with van der Waals surface area (Å²) in [6.45, 7) is 2.85. The number of amides is 1. The Balaban J connectivity index is 2.05. The van der Waals surface area contributed by atoms with Gasteiger partial charge >= 0.3 is 0 Å². The number of rotatable bonds is 4. The van der Waals surface area contributed by atoms with Crippen molar-refractivity contribution in [1.82, 2.24) is 9.88 Å². The van der Waals surface area contributed by atoms with Crippen LogP contribution < -0.4 is 5.32 Å². The van der Waals surface area contributed by atoms with Crippen LogP contribution in [0.1, 0.15) is 20.2 Å². The van der Waals surface area contributed by atoms with Crippen LogP contribution in [0.2, 0.25) is 0 Å². The summed E-state index contributed by atoms with van der Waals surface area (Å²) >= 11 is 1.77. The van der Waals surface area contributed by atoms with Crippen molar-refractivity contribution >= 4 is 22.9 Å². The number of aromatic nitrogens is 1. The molecule has 0 radical (unpaired) electrons. The van der Waals surface area contributed by atoms with Gasteiger partial charge in [-0.1, -0.05) is 0 Å². The minimum absolute atomic E-state index is 0.0874. The molecule has 0 aliphatic heterocycles. The lowest BCUT2D eigenvalue weighted by Gasteiger charge is -2.11. The maximum atomic E-state index is 11.8. The molecular formula is C14H17N3OS. The molecule has 0 saturated carbocycles. The zero-order valence-electron chi connectivity index (χ0n) is 11.3. The molecule has 1 N–H and O–H groups in total. The van der Waals surface area contributed by atoms with Crippen molar-refractivity contribution in [3.8, 4) is 0 Å². The summed E-state index contributed by atoms with van der Waals surface area (Å²) in [5.74, 6) is -0.0874. The average molecular weight is 275 g/mol. The Bertz CT molecular complexity index is 578. The van der Waals surface area contributed by atoms with Gasteiger partial charge in [0.25, 0.3) is 5.91 Å². The number of hydrogen-bond acceptors (Lipinski definition) is 4. The van der Waals surface area contributed by atoms with E-state index in [1.165, 1.54) is 14.7 Å². The van der Waals surface area contributed by atoms with Crippen LogP contribution in [-0.2, 0) is 6.54 Å². The summed E-state index contributed by atoms with van der Waals surface area (Å²) < 4.78 is 0. The van der Waals surface area contributed by atoms with E-state index in [-0.39, 0.29) is 5.91 Å². The van der Waals surface area contributed by atoms with Gasteiger partial charge in [-0.3, -0.25) is 9.78 Å². The molecule has 0 spiro atoms. The number of hydrogen-bond donors (Lipinski definition) is 1. The predicted octanol–water partition coefficient (Wildman–Crippen LogP) is 2.77. The minimum atomic E-state index is -0.0874. The third-order valence-corrected chi connectivity index (χ3v) is 3.65. The molecule has 0 fully saturated rings. The molecule has 0 aliphatic carbocycles. The summed E-state index contributed by atoms with van der Waals surface area (Å²) in [5, 5.41) is 3.31. The molecule has 0 saturated heterocycles. The molecule has 1 amide bonds. The highest BCUT2D eigenvalue weighted by Gasteiger charge is 2.09. The monoisotopic (exact) mass is 275 g/mol. The van der Waals surface area contributed by atoms with Gasteiger partial charge in [0, 0.05) is 42.3 Å². The van der Waals surface area contributed by atoms with Gasteiger partial charge in [-0.05, 0) is 31.2 Å². The van der Waals surface area contributed by atoms with Gasteiger partial charge < -0.3 is 10.2 Å². The second kappa shape index (κ2) is 5.84. The highest BCUT2D eigenvalue weighted by Crippen LogP contribution is 2.17. The zero-order chi connectivity index (χ0) is 13.8. The second-order valence-electron chi connectivity index (χ2n) is 4.50. The molecule has 0 unspecified atom stereocenters. The first-order valence-corrected chi connectivity index (χ1v) is 6.85. The van der Waals surface area contributed by atoms with E-state index in [0.29, 0.717) is 5.69 Å². The Morgan fingerprint density at radius 3 is 2.79 bits per heavy atom. The third kappa shape index (κ3) is 3.54. The number of anilines is 1. The fourth-order valence-corrected chi connectivity index (χ4v) is 2.49. The lowest BCUT2D eigenvalue weighted by molar-refractivity contribution is 0.0822. The summed E-state index contributed by atoms with van der Waals surface area (Å²) in [5.41, 5.74) is 1.36. The maximum absolute atomic E-state index is 11.8. The number of aryl methyl sites for hydroxylation is 1. The Labute approximate surface area is 117 Å². The van der Waals surface area contributed by atoms with Crippen molar-refractivity contribution in [2.24, 2.45) is 0 Å². The van der Waals surface area contributed by atoms with Gasteiger partial charge in [0.15, 0.2) is 0 Å². The zero-order valence-corrected chi connectivity index (χ0v) is 12.1. The maximum Gasteiger partial charge on any atom is 0.272 e. The van der Waals surface area contributed by atoms with Crippen molar-refractivity contribution in [3.63, 3.8) is 0 Å². The number of carbonyl (C=O) groups excluding carboxylic acids is 1. The summed E-state index contributed by atoms with van der Waals surface area (Å²) in [4.78, 5) is 20.0. The normalized spacial score (nSPS) is 10.3. The first kappa shape index (κ1) is 13.5. The molecule has 0 bridgehead atoms. The van der Waals surface area contributed by atoms with E-state index >= 15 is 0 Å². The van der Waals surface area contributed by atoms with Crippen LogP contribution in [0.15, 0.2) is 30.5 Å². The van der Waals surface area contributed by atoms with E-state index in [0.717, 1.165) is 12.2 Å². The van der Waals surface area contributed by atoms with Crippen LogP contribution in [0, 0.1) is 6.92 Å². The quantitative estimate of drug-likeness (QED) is 0.933. The van der Waals surface area contributed by atoms with Gasteiger partial charge in [-0.2, -0.15) is 0 Å². The number of nitrogens with zero attached hydrogens (tertiary/aromatic N) is 2. The van der Waals surface area contributed by atoms with Crippen molar-refractivity contribution in [3.05, 3.63) is 45.9 Å². The van der Waals surface area contributed by atoms with Crippen LogP contribution in [0.3, 0.4) is 0 Å². The molecule has 100 valence electrons. The second-order valence-corrected chi connectivity index (χ2v) is 5.87. The SMILES string of the molecule is Cc1ccc(CNc2ccnc(C(=O)N(C)C)c2)s1. The first-order chi connectivity index (χ1) is 9.06. The molecule has 5 heteroatoms. The van der Waals surface area contributed by atoms with Crippen LogP contribution in [-0.4, -0.2) is 29.9 Å². The number of nitrogens with one attached hydrogen (secondary N) is 1. The Kier molecular flexibility index (Phi) is 4.16. The fourth-order valence-electron chi connectivity index (χ4n) is 1.66. The van der Waals surface area contributed by atoms with Gasteiger partial charge in [0.1, 0.15) is 5.69 Å². The highest BCUT2D eigenvalue weighted by molar-refractivity contribution is 7.11. The minimum Gasteiger partial charge on any atom is -0.380 e. The van der Waals surface area contributed by atoms with Crippen LogP contribution in [0.4, 0.5) is 5.69 Å². The lowest BCUT2D eigenvalue weighted by Crippen LogP contribution is -2.22.